The summed E-state index contributed by atoms with van der Waals surface area (Å²) in [6, 6.07) is 3.98. The molecular formula is C17H21FN6. The highest BCUT2D eigenvalue weighted by atomic mass is 19.1. The average molecular weight is 328 g/mol. The van der Waals surface area contributed by atoms with E-state index in [2.05, 4.69) is 43.2 Å². The molecule has 2 aromatic rings. The Bertz CT molecular complexity index is 675. The maximum Gasteiger partial charge on any atom is 0.228 e. The van der Waals surface area contributed by atoms with Gasteiger partial charge in [0.1, 0.15) is 5.82 Å². The fourth-order valence-electron chi connectivity index (χ4n) is 3.80. The van der Waals surface area contributed by atoms with Crippen LogP contribution >= 0.6 is 0 Å². The van der Waals surface area contributed by atoms with Crippen molar-refractivity contribution in [2.45, 2.75) is 6.54 Å². The fraction of sp³-hybridized carbons (Fsp3) is 0.471. The largest absolute Gasteiger partial charge is 0.309 e. The van der Waals surface area contributed by atoms with Crippen molar-refractivity contribution in [1.29, 1.82) is 0 Å². The summed E-state index contributed by atoms with van der Waals surface area (Å²) in [5.41, 5.74) is 1.20. The third kappa shape index (κ3) is 3.37. The van der Waals surface area contributed by atoms with Crippen LogP contribution in [0.25, 0.3) is 0 Å². The number of fused-ring (bicyclic) bond motifs is 1. The molecule has 2 aliphatic rings. The maximum atomic E-state index is 12.8. The Morgan fingerprint density at radius 1 is 1.04 bits per heavy atom. The molecule has 2 atom stereocenters. The molecule has 24 heavy (non-hydrogen) atoms. The van der Waals surface area contributed by atoms with Crippen LogP contribution in [0.3, 0.4) is 0 Å². The van der Waals surface area contributed by atoms with Crippen LogP contribution in [0.5, 0.6) is 0 Å². The van der Waals surface area contributed by atoms with Crippen molar-refractivity contribution in [2.24, 2.45) is 11.8 Å². The van der Waals surface area contributed by atoms with Crippen LogP contribution in [-0.4, -0.2) is 58.0 Å². The lowest BCUT2D eigenvalue weighted by Crippen LogP contribution is -2.26. The molecule has 2 aromatic heterocycles. The zero-order chi connectivity index (χ0) is 16.5. The van der Waals surface area contributed by atoms with Gasteiger partial charge < -0.3 is 10.2 Å². The smallest absolute Gasteiger partial charge is 0.228 e. The fourth-order valence-corrected chi connectivity index (χ4v) is 3.80. The summed E-state index contributed by atoms with van der Waals surface area (Å²) in [7, 11) is 2.21. The number of aromatic nitrogens is 3. The van der Waals surface area contributed by atoms with Crippen molar-refractivity contribution in [1.82, 2.24) is 24.8 Å². The van der Waals surface area contributed by atoms with Crippen molar-refractivity contribution in [3.05, 3.63) is 42.1 Å². The van der Waals surface area contributed by atoms with Gasteiger partial charge in [-0.3, -0.25) is 4.90 Å². The van der Waals surface area contributed by atoms with Gasteiger partial charge in [0.2, 0.25) is 5.95 Å². The topological polar surface area (TPSA) is 57.2 Å². The predicted molar refractivity (Wildman–Crippen MR) is 89.3 cm³/mol. The first-order valence-corrected chi connectivity index (χ1v) is 8.26. The quantitative estimate of drug-likeness (QED) is 0.923. The summed E-state index contributed by atoms with van der Waals surface area (Å²) >= 11 is 0. The number of nitrogens with zero attached hydrogens (tertiary/aromatic N) is 5. The lowest BCUT2D eigenvalue weighted by Gasteiger charge is -2.18. The van der Waals surface area contributed by atoms with E-state index in [1.165, 1.54) is 31.7 Å². The van der Waals surface area contributed by atoms with Gasteiger partial charge in [-0.05, 0) is 30.5 Å². The van der Waals surface area contributed by atoms with E-state index in [0.717, 1.165) is 30.8 Å². The Morgan fingerprint density at radius 3 is 2.38 bits per heavy atom. The van der Waals surface area contributed by atoms with Gasteiger partial charge in [-0.15, -0.1) is 0 Å². The van der Waals surface area contributed by atoms with Crippen molar-refractivity contribution in [3.8, 4) is 0 Å². The maximum absolute atomic E-state index is 12.8. The van der Waals surface area contributed by atoms with Crippen molar-refractivity contribution in [2.75, 3.05) is 38.5 Å². The van der Waals surface area contributed by atoms with Crippen molar-refractivity contribution < 1.29 is 4.39 Å². The van der Waals surface area contributed by atoms with E-state index in [9.17, 15) is 4.39 Å². The molecular weight excluding hydrogens is 307 g/mol. The molecule has 2 saturated heterocycles. The molecule has 1 N–H and O–H groups in total. The van der Waals surface area contributed by atoms with Crippen LogP contribution in [-0.2, 0) is 6.54 Å². The summed E-state index contributed by atoms with van der Waals surface area (Å²) in [5.74, 6) is 2.18. The third-order valence-corrected chi connectivity index (χ3v) is 4.84. The minimum Gasteiger partial charge on any atom is -0.309 e. The molecule has 0 amide bonds. The summed E-state index contributed by atoms with van der Waals surface area (Å²) in [6.45, 7) is 5.74. The van der Waals surface area contributed by atoms with E-state index in [1.807, 2.05) is 12.3 Å². The van der Waals surface area contributed by atoms with Gasteiger partial charge in [0, 0.05) is 38.9 Å². The van der Waals surface area contributed by atoms with E-state index in [0.29, 0.717) is 11.8 Å². The lowest BCUT2D eigenvalue weighted by atomic mass is 10.0. The average Bonchev–Trinajstić information content (AvgIpc) is 3.08. The van der Waals surface area contributed by atoms with E-state index >= 15 is 0 Å². The number of hydrogen-bond donors (Lipinski definition) is 1. The summed E-state index contributed by atoms with van der Waals surface area (Å²) in [6.07, 6.45) is 4.14. The first-order valence-electron chi connectivity index (χ1n) is 8.26. The molecule has 2 aliphatic heterocycles. The monoisotopic (exact) mass is 328 g/mol. The Morgan fingerprint density at radius 2 is 1.75 bits per heavy atom. The Hall–Kier alpha value is -2.12. The molecule has 0 saturated carbocycles. The number of anilines is 2. The van der Waals surface area contributed by atoms with Crippen LogP contribution in [0.4, 0.5) is 16.2 Å². The van der Waals surface area contributed by atoms with E-state index < -0.39 is 5.82 Å². The molecule has 2 unspecified atom stereocenters. The van der Waals surface area contributed by atoms with Gasteiger partial charge in [0.05, 0.1) is 12.4 Å². The minimum atomic E-state index is -0.453. The highest BCUT2D eigenvalue weighted by molar-refractivity contribution is 5.47. The highest BCUT2D eigenvalue weighted by Gasteiger charge is 2.38. The molecule has 0 aliphatic carbocycles. The molecule has 4 heterocycles. The Kier molecular flexibility index (Phi) is 4.12. The molecule has 0 bridgehead atoms. The Balaban J connectivity index is 1.34. The number of hydrogen-bond acceptors (Lipinski definition) is 6. The third-order valence-electron chi connectivity index (χ3n) is 4.84. The molecule has 7 heteroatoms. The highest BCUT2D eigenvalue weighted by Crippen LogP contribution is 2.30. The van der Waals surface area contributed by atoms with Crippen LogP contribution < -0.4 is 5.32 Å². The van der Waals surface area contributed by atoms with Gasteiger partial charge in [-0.1, -0.05) is 6.07 Å². The van der Waals surface area contributed by atoms with Gasteiger partial charge in [-0.2, -0.15) is 0 Å². The van der Waals surface area contributed by atoms with Crippen molar-refractivity contribution in [3.63, 3.8) is 0 Å². The molecule has 2 fully saturated rings. The normalized spacial score (nSPS) is 24.2. The summed E-state index contributed by atoms with van der Waals surface area (Å²) in [4.78, 5) is 17.1. The molecule has 4 rings (SSSR count). The zero-order valence-corrected chi connectivity index (χ0v) is 13.7. The SMILES string of the molecule is CN1CC2CN(Cc3ccc(Nc4ncc(F)cn4)nc3)CC2C1. The van der Waals surface area contributed by atoms with Gasteiger partial charge in [0.15, 0.2) is 5.82 Å². The molecule has 0 aromatic carbocycles. The summed E-state index contributed by atoms with van der Waals surface area (Å²) < 4.78 is 12.8. The number of halogens is 1. The van der Waals surface area contributed by atoms with Crippen LogP contribution in [0, 0.1) is 17.7 Å². The molecule has 6 nitrogen and oxygen atoms in total. The number of likely N-dealkylation sites (tertiary alicyclic amines) is 2. The molecule has 126 valence electrons. The predicted octanol–water partition coefficient (Wildman–Crippen LogP) is 1.75. The zero-order valence-electron chi connectivity index (χ0n) is 13.7. The van der Waals surface area contributed by atoms with Crippen LogP contribution in [0.2, 0.25) is 0 Å². The number of pyridine rings is 1. The van der Waals surface area contributed by atoms with E-state index in [1.54, 1.807) is 0 Å². The first kappa shape index (κ1) is 15.4. The Labute approximate surface area is 140 Å². The van der Waals surface area contributed by atoms with Crippen LogP contribution in [0.15, 0.2) is 30.7 Å². The summed E-state index contributed by atoms with van der Waals surface area (Å²) in [5, 5.41) is 2.97. The van der Waals surface area contributed by atoms with Crippen LogP contribution in [0.1, 0.15) is 5.56 Å². The molecule has 0 spiro atoms. The molecule has 0 radical (unpaired) electrons. The van der Waals surface area contributed by atoms with Gasteiger partial charge in [-0.25, -0.2) is 19.3 Å². The second-order valence-electron chi connectivity index (χ2n) is 6.84. The standard InChI is InChI=1S/C17H21FN6/c1-23-8-13-10-24(11-14(13)9-23)7-12-2-3-16(19-4-12)22-17-20-5-15(18)6-21-17/h2-6,13-14H,7-11H2,1H3,(H,19,20,21,22). The second-order valence-corrected chi connectivity index (χ2v) is 6.84. The van der Waals surface area contributed by atoms with Gasteiger partial charge >= 0.3 is 0 Å². The first-order chi connectivity index (χ1) is 11.7. The minimum absolute atomic E-state index is 0.341. The van der Waals surface area contributed by atoms with E-state index in [4.69, 9.17) is 0 Å². The second kappa shape index (κ2) is 6.41. The lowest BCUT2D eigenvalue weighted by molar-refractivity contribution is 0.272. The van der Waals surface area contributed by atoms with Gasteiger partial charge in [0.25, 0.3) is 0 Å². The van der Waals surface area contributed by atoms with E-state index in [-0.39, 0.29) is 0 Å². The number of nitrogens with one attached hydrogen (secondary N) is 1. The van der Waals surface area contributed by atoms with Crippen molar-refractivity contribution >= 4 is 11.8 Å². The number of rotatable bonds is 4.